The Labute approximate surface area is 115 Å². The molecule has 3 rings (SSSR count). The lowest BCUT2D eigenvalue weighted by atomic mass is 10.2. The third-order valence-corrected chi connectivity index (χ3v) is 3.27. The number of likely N-dealkylation sites (N-methyl/N-ethyl adjacent to an activating group) is 1. The van der Waals surface area contributed by atoms with E-state index in [1.54, 1.807) is 12.1 Å². The maximum absolute atomic E-state index is 9.41. The lowest BCUT2D eigenvalue weighted by molar-refractivity contribution is -0.0264. The van der Waals surface area contributed by atoms with Crippen LogP contribution in [0.1, 0.15) is 11.9 Å². The Morgan fingerprint density at radius 1 is 1.45 bits per heavy atom. The van der Waals surface area contributed by atoms with Crippen LogP contribution in [0.15, 0.2) is 22.7 Å². The fourth-order valence-electron chi connectivity index (χ4n) is 2.10. The molecule has 3 N–H and O–H groups in total. The standard InChI is InChI=1S/C13H16N4O3/c1-17-4-5-19-11(7-17)12-15-13(20-16-12)8-2-3-10(18)9(14)6-8/h2-3,6,11,18H,4-5,7,14H2,1H3. The summed E-state index contributed by atoms with van der Waals surface area (Å²) in [5, 5.41) is 13.4. The molecule has 0 saturated carbocycles. The quantitative estimate of drug-likeness (QED) is 0.624. The molecular formula is C13H16N4O3. The molecule has 2 heterocycles. The lowest BCUT2D eigenvalue weighted by Gasteiger charge is -2.27. The highest BCUT2D eigenvalue weighted by Crippen LogP contribution is 2.28. The summed E-state index contributed by atoms with van der Waals surface area (Å²) in [6, 6.07) is 4.77. The fraction of sp³-hybridized carbons (Fsp3) is 0.385. The van der Waals surface area contributed by atoms with E-state index in [1.165, 1.54) is 6.07 Å². The van der Waals surface area contributed by atoms with Gasteiger partial charge in [-0.2, -0.15) is 4.98 Å². The van der Waals surface area contributed by atoms with Gasteiger partial charge in [0, 0.05) is 18.7 Å². The van der Waals surface area contributed by atoms with Gasteiger partial charge >= 0.3 is 0 Å². The number of benzene rings is 1. The van der Waals surface area contributed by atoms with E-state index < -0.39 is 0 Å². The zero-order valence-corrected chi connectivity index (χ0v) is 11.1. The average Bonchev–Trinajstić information content (AvgIpc) is 2.92. The van der Waals surface area contributed by atoms with Crippen molar-refractivity contribution in [3.63, 3.8) is 0 Å². The first kappa shape index (κ1) is 12.9. The Morgan fingerprint density at radius 2 is 2.30 bits per heavy atom. The number of nitrogen functional groups attached to an aromatic ring is 1. The lowest BCUT2D eigenvalue weighted by Crippen LogP contribution is -2.35. The highest BCUT2D eigenvalue weighted by Gasteiger charge is 2.24. The van der Waals surface area contributed by atoms with E-state index in [-0.39, 0.29) is 17.5 Å². The van der Waals surface area contributed by atoms with Crippen LogP contribution in [0.4, 0.5) is 5.69 Å². The molecule has 2 aromatic rings. The number of anilines is 1. The van der Waals surface area contributed by atoms with Crippen molar-refractivity contribution in [3.05, 3.63) is 24.0 Å². The molecule has 0 bridgehead atoms. The van der Waals surface area contributed by atoms with E-state index in [9.17, 15) is 5.11 Å². The smallest absolute Gasteiger partial charge is 0.258 e. The summed E-state index contributed by atoms with van der Waals surface area (Å²) in [6.45, 7) is 2.28. The van der Waals surface area contributed by atoms with E-state index in [2.05, 4.69) is 15.0 Å². The number of aromatic hydroxyl groups is 1. The maximum Gasteiger partial charge on any atom is 0.258 e. The van der Waals surface area contributed by atoms with E-state index in [0.29, 0.717) is 23.9 Å². The van der Waals surface area contributed by atoms with Crippen LogP contribution in [0, 0.1) is 0 Å². The molecule has 1 fully saturated rings. The summed E-state index contributed by atoms with van der Waals surface area (Å²) >= 11 is 0. The van der Waals surface area contributed by atoms with Crippen LogP contribution in [0.25, 0.3) is 11.5 Å². The van der Waals surface area contributed by atoms with E-state index in [4.69, 9.17) is 15.0 Å². The number of morpholine rings is 1. The predicted molar refractivity (Wildman–Crippen MR) is 72.0 cm³/mol. The molecule has 1 aliphatic heterocycles. The fourth-order valence-corrected chi connectivity index (χ4v) is 2.10. The van der Waals surface area contributed by atoms with Crippen molar-refractivity contribution in [3.8, 4) is 17.2 Å². The van der Waals surface area contributed by atoms with Crippen molar-refractivity contribution in [2.45, 2.75) is 6.10 Å². The number of aromatic nitrogens is 2. The zero-order chi connectivity index (χ0) is 14.1. The highest BCUT2D eigenvalue weighted by molar-refractivity contribution is 5.64. The largest absolute Gasteiger partial charge is 0.506 e. The third-order valence-electron chi connectivity index (χ3n) is 3.27. The topological polar surface area (TPSA) is 97.6 Å². The molecule has 20 heavy (non-hydrogen) atoms. The number of hydrogen-bond donors (Lipinski definition) is 2. The molecule has 1 saturated heterocycles. The molecule has 1 aromatic carbocycles. The van der Waals surface area contributed by atoms with Crippen molar-refractivity contribution in [1.29, 1.82) is 0 Å². The van der Waals surface area contributed by atoms with E-state index in [0.717, 1.165) is 13.1 Å². The maximum atomic E-state index is 9.41. The first-order valence-electron chi connectivity index (χ1n) is 6.36. The van der Waals surface area contributed by atoms with Gasteiger partial charge in [0.25, 0.3) is 5.89 Å². The van der Waals surface area contributed by atoms with Crippen LogP contribution in [0.3, 0.4) is 0 Å². The van der Waals surface area contributed by atoms with E-state index in [1.807, 2.05) is 7.05 Å². The van der Waals surface area contributed by atoms with Crippen molar-refractivity contribution in [2.24, 2.45) is 0 Å². The van der Waals surface area contributed by atoms with Gasteiger partial charge in [0.15, 0.2) is 0 Å². The SMILES string of the molecule is CN1CCOC(c2noc(-c3ccc(O)c(N)c3)n2)C1. The Bertz CT molecular complexity index is 613. The first-order valence-corrected chi connectivity index (χ1v) is 6.36. The van der Waals surface area contributed by atoms with Crippen molar-refractivity contribution in [1.82, 2.24) is 15.0 Å². The van der Waals surface area contributed by atoms with Gasteiger partial charge in [-0.1, -0.05) is 5.16 Å². The second kappa shape index (κ2) is 5.10. The van der Waals surface area contributed by atoms with Crippen LogP contribution in [0.5, 0.6) is 5.75 Å². The summed E-state index contributed by atoms with van der Waals surface area (Å²) in [6.07, 6.45) is -0.180. The second-order valence-corrected chi connectivity index (χ2v) is 4.85. The minimum atomic E-state index is -0.180. The zero-order valence-electron chi connectivity index (χ0n) is 11.1. The minimum absolute atomic E-state index is 0.0331. The Hall–Kier alpha value is -2.12. The second-order valence-electron chi connectivity index (χ2n) is 4.85. The number of ether oxygens (including phenoxy) is 1. The van der Waals surface area contributed by atoms with Crippen LogP contribution in [0.2, 0.25) is 0 Å². The summed E-state index contributed by atoms with van der Waals surface area (Å²) in [4.78, 5) is 6.50. The summed E-state index contributed by atoms with van der Waals surface area (Å²) in [5.41, 5.74) is 6.60. The van der Waals surface area contributed by atoms with Gasteiger partial charge in [-0.25, -0.2) is 0 Å². The minimum Gasteiger partial charge on any atom is -0.506 e. The molecule has 1 unspecified atom stereocenters. The van der Waals surface area contributed by atoms with Gasteiger partial charge in [0.05, 0.1) is 12.3 Å². The molecule has 1 atom stereocenters. The van der Waals surface area contributed by atoms with Crippen molar-refractivity contribution in [2.75, 3.05) is 32.5 Å². The van der Waals surface area contributed by atoms with Crippen LogP contribution in [-0.2, 0) is 4.74 Å². The monoisotopic (exact) mass is 276 g/mol. The Balaban J connectivity index is 1.84. The van der Waals surface area contributed by atoms with E-state index >= 15 is 0 Å². The van der Waals surface area contributed by atoms with Gasteiger partial charge in [0.2, 0.25) is 5.82 Å². The highest BCUT2D eigenvalue weighted by atomic mass is 16.5. The van der Waals surface area contributed by atoms with Crippen molar-refractivity contribution < 1.29 is 14.4 Å². The van der Waals surface area contributed by atoms with Crippen LogP contribution in [-0.4, -0.2) is 46.9 Å². The average molecular weight is 276 g/mol. The van der Waals surface area contributed by atoms with Gasteiger partial charge in [0.1, 0.15) is 11.9 Å². The molecule has 1 aliphatic rings. The van der Waals surface area contributed by atoms with Crippen molar-refractivity contribution >= 4 is 5.69 Å². The Morgan fingerprint density at radius 3 is 3.05 bits per heavy atom. The van der Waals surface area contributed by atoms with Gasteiger partial charge in [-0.3, -0.25) is 0 Å². The number of phenolic OH excluding ortho intramolecular Hbond substituents is 1. The Kier molecular flexibility index (Phi) is 3.29. The molecule has 0 aliphatic carbocycles. The number of nitrogens with two attached hydrogens (primary N) is 1. The molecule has 0 amide bonds. The summed E-state index contributed by atoms with van der Waals surface area (Å²) in [5.74, 6) is 0.924. The van der Waals surface area contributed by atoms with Gasteiger partial charge in [-0.15, -0.1) is 0 Å². The molecule has 1 aromatic heterocycles. The number of nitrogens with zero attached hydrogens (tertiary/aromatic N) is 3. The van der Waals surface area contributed by atoms with Gasteiger partial charge < -0.3 is 25.0 Å². The molecule has 7 nitrogen and oxygen atoms in total. The molecule has 106 valence electrons. The summed E-state index contributed by atoms with van der Waals surface area (Å²) < 4.78 is 10.9. The van der Waals surface area contributed by atoms with Crippen LogP contribution < -0.4 is 5.73 Å². The molecule has 7 heteroatoms. The normalized spacial score (nSPS) is 20.1. The number of hydrogen-bond acceptors (Lipinski definition) is 7. The molecule has 0 spiro atoms. The number of rotatable bonds is 2. The number of phenols is 1. The van der Waals surface area contributed by atoms with Gasteiger partial charge in [-0.05, 0) is 25.2 Å². The van der Waals surface area contributed by atoms with Crippen LogP contribution >= 0.6 is 0 Å². The molecular weight excluding hydrogens is 260 g/mol. The molecule has 0 radical (unpaired) electrons. The first-order chi connectivity index (χ1) is 9.63. The summed E-state index contributed by atoms with van der Waals surface area (Å²) in [7, 11) is 2.02. The predicted octanol–water partition coefficient (Wildman–Crippen LogP) is 1.03. The third kappa shape index (κ3) is 2.45.